The molecule has 31 heavy (non-hydrogen) atoms. The lowest BCUT2D eigenvalue weighted by Gasteiger charge is -2.08. The van der Waals surface area contributed by atoms with E-state index in [1.807, 2.05) is 31.2 Å². The minimum Gasteiger partial charge on any atom is -0.384 e. The summed E-state index contributed by atoms with van der Waals surface area (Å²) < 4.78 is 5.13. The molecule has 0 spiro atoms. The molecule has 7 heteroatoms. The van der Waals surface area contributed by atoms with Gasteiger partial charge >= 0.3 is 0 Å². The van der Waals surface area contributed by atoms with E-state index in [1.54, 1.807) is 25.6 Å². The number of methoxy groups -OCH3 is 1. The highest BCUT2D eigenvalue weighted by Gasteiger charge is 2.07. The van der Waals surface area contributed by atoms with Gasteiger partial charge in [0.2, 0.25) is 0 Å². The van der Waals surface area contributed by atoms with Gasteiger partial charge in [-0.15, -0.1) is 0 Å². The van der Waals surface area contributed by atoms with Crippen LogP contribution in [0.15, 0.2) is 67.0 Å². The molecule has 0 atom stereocenters. The Kier molecular flexibility index (Phi) is 6.54. The quantitative estimate of drug-likeness (QED) is 0.465. The Balaban J connectivity index is 1.46. The molecule has 0 aliphatic carbocycles. The second-order valence-corrected chi connectivity index (χ2v) is 7.15. The van der Waals surface area contributed by atoms with E-state index < -0.39 is 0 Å². The number of nitrogens with one attached hydrogen (secondary N) is 1. The van der Waals surface area contributed by atoms with Crippen LogP contribution in [0.4, 0.5) is 11.6 Å². The van der Waals surface area contributed by atoms with E-state index in [9.17, 15) is 0 Å². The fraction of sp³-hybridized carbons (Fsp3) is 0.208. The summed E-state index contributed by atoms with van der Waals surface area (Å²) in [6, 6.07) is 17.9. The van der Waals surface area contributed by atoms with Crippen LogP contribution >= 0.6 is 0 Å². The van der Waals surface area contributed by atoms with Crippen molar-refractivity contribution in [2.24, 2.45) is 0 Å². The molecular formula is C24H24N6O. The normalized spacial score (nSPS) is 10.8. The van der Waals surface area contributed by atoms with Gasteiger partial charge in [0.15, 0.2) is 5.82 Å². The Morgan fingerprint density at radius 2 is 1.55 bits per heavy atom. The fourth-order valence-electron chi connectivity index (χ4n) is 3.13. The van der Waals surface area contributed by atoms with Gasteiger partial charge in [0.25, 0.3) is 0 Å². The molecule has 0 saturated carbocycles. The zero-order chi connectivity index (χ0) is 21.5. The number of pyridine rings is 1. The van der Waals surface area contributed by atoms with Crippen molar-refractivity contribution < 1.29 is 4.74 Å². The molecule has 7 nitrogen and oxygen atoms in total. The summed E-state index contributed by atoms with van der Waals surface area (Å²) in [5.74, 6) is 2.64. The smallest absolute Gasteiger partial charge is 0.180 e. The van der Waals surface area contributed by atoms with Gasteiger partial charge in [0.1, 0.15) is 23.2 Å². The summed E-state index contributed by atoms with van der Waals surface area (Å²) in [5, 5.41) is 3.24. The number of hydrogen-bond acceptors (Lipinski definition) is 7. The SMILES string of the molecule is COCCc1ccc(Cc2nccc(Nc3ccnc(-c4cccc(C)n4)n3)n2)cc1. The highest BCUT2D eigenvalue weighted by Crippen LogP contribution is 2.17. The predicted octanol–water partition coefficient (Wildman–Crippen LogP) is 4.16. The van der Waals surface area contributed by atoms with Gasteiger partial charge in [-0.3, -0.25) is 0 Å². The van der Waals surface area contributed by atoms with Crippen molar-refractivity contribution in [1.82, 2.24) is 24.9 Å². The third kappa shape index (κ3) is 5.67. The molecule has 4 aromatic rings. The zero-order valence-electron chi connectivity index (χ0n) is 17.6. The van der Waals surface area contributed by atoms with Gasteiger partial charge < -0.3 is 10.1 Å². The van der Waals surface area contributed by atoms with Crippen molar-refractivity contribution in [2.45, 2.75) is 19.8 Å². The van der Waals surface area contributed by atoms with Crippen molar-refractivity contribution in [2.75, 3.05) is 19.0 Å². The van der Waals surface area contributed by atoms with E-state index in [4.69, 9.17) is 4.74 Å². The lowest BCUT2D eigenvalue weighted by atomic mass is 10.1. The van der Waals surface area contributed by atoms with Crippen LogP contribution in [-0.4, -0.2) is 38.6 Å². The van der Waals surface area contributed by atoms with E-state index in [1.165, 1.54) is 5.56 Å². The number of aryl methyl sites for hydroxylation is 1. The fourth-order valence-corrected chi connectivity index (χ4v) is 3.13. The summed E-state index contributed by atoms with van der Waals surface area (Å²) >= 11 is 0. The van der Waals surface area contributed by atoms with Gasteiger partial charge in [-0.1, -0.05) is 30.3 Å². The van der Waals surface area contributed by atoms with Crippen LogP contribution < -0.4 is 5.32 Å². The van der Waals surface area contributed by atoms with Crippen LogP contribution in [0.25, 0.3) is 11.5 Å². The average Bonchev–Trinajstić information content (AvgIpc) is 2.79. The molecule has 3 heterocycles. The van der Waals surface area contributed by atoms with Crippen molar-refractivity contribution >= 4 is 11.6 Å². The molecule has 4 rings (SSSR count). The Morgan fingerprint density at radius 3 is 2.32 bits per heavy atom. The van der Waals surface area contributed by atoms with E-state index in [0.717, 1.165) is 35.8 Å². The van der Waals surface area contributed by atoms with Crippen LogP contribution in [-0.2, 0) is 17.6 Å². The first-order valence-corrected chi connectivity index (χ1v) is 10.1. The average molecular weight is 412 g/mol. The second-order valence-electron chi connectivity index (χ2n) is 7.15. The maximum Gasteiger partial charge on any atom is 0.180 e. The molecule has 0 radical (unpaired) electrons. The van der Waals surface area contributed by atoms with Gasteiger partial charge in [-0.2, -0.15) is 0 Å². The van der Waals surface area contributed by atoms with Crippen molar-refractivity contribution in [3.63, 3.8) is 0 Å². The van der Waals surface area contributed by atoms with E-state index in [0.29, 0.717) is 23.9 Å². The Hall–Kier alpha value is -3.71. The minimum absolute atomic E-state index is 0.566. The van der Waals surface area contributed by atoms with Crippen LogP contribution in [0.5, 0.6) is 0 Å². The summed E-state index contributed by atoms with van der Waals surface area (Å²) in [5.41, 5.74) is 4.07. The van der Waals surface area contributed by atoms with Gasteiger partial charge in [-0.25, -0.2) is 24.9 Å². The zero-order valence-corrected chi connectivity index (χ0v) is 17.6. The number of rotatable bonds is 8. The number of ether oxygens (including phenoxy) is 1. The maximum absolute atomic E-state index is 5.13. The molecule has 1 aromatic carbocycles. The highest BCUT2D eigenvalue weighted by molar-refractivity contribution is 5.56. The van der Waals surface area contributed by atoms with Crippen molar-refractivity contribution in [3.05, 3.63) is 89.6 Å². The maximum atomic E-state index is 5.13. The molecule has 3 aromatic heterocycles. The molecule has 0 amide bonds. The molecular weight excluding hydrogens is 388 g/mol. The third-order valence-electron chi connectivity index (χ3n) is 4.71. The third-order valence-corrected chi connectivity index (χ3v) is 4.71. The number of anilines is 2. The Bertz CT molecular complexity index is 1150. The van der Waals surface area contributed by atoms with Crippen molar-refractivity contribution in [3.8, 4) is 11.5 Å². The first kappa shape index (κ1) is 20.6. The first-order chi connectivity index (χ1) is 15.2. The van der Waals surface area contributed by atoms with Crippen LogP contribution in [0.3, 0.4) is 0 Å². The Labute approximate surface area is 181 Å². The van der Waals surface area contributed by atoms with Crippen LogP contribution in [0, 0.1) is 6.92 Å². The molecule has 1 N–H and O–H groups in total. The van der Waals surface area contributed by atoms with Crippen LogP contribution in [0.2, 0.25) is 0 Å². The lowest BCUT2D eigenvalue weighted by Crippen LogP contribution is -2.03. The minimum atomic E-state index is 0.566. The van der Waals surface area contributed by atoms with Gasteiger partial charge in [-0.05, 0) is 48.7 Å². The number of hydrogen-bond donors (Lipinski definition) is 1. The van der Waals surface area contributed by atoms with E-state index >= 15 is 0 Å². The first-order valence-electron chi connectivity index (χ1n) is 10.1. The van der Waals surface area contributed by atoms with E-state index in [2.05, 4.69) is 54.5 Å². The molecule has 156 valence electrons. The largest absolute Gasteiger partial charge is 0.384 e. The highest BCUT2D eigenvalue weighted by atomic mass is 16.5. The summed E-state index contributed by atoms with van der Waals surface area (Å²) in [4.78, 5) is 22.4. The Morgan fingerprint density at radius 1 is 0.806 bits per heavy atom. The topological polar surface area (TPSA) is 85.7 Å². The van der Waals surface area contributed by atoms with Crippen LogP contribution in [0.1, 0.15) is 22.6 Å². The summed E-state index contributed by atoms with van der Waals surface area (Å²) in [6.07, 6.45) is 5.03. The molecule has 0 saturated heterocycles. The number of benzene rings is 1. The summed E-state index contributed by atoms with van der Waals surface area (Å²) in [7, 11) is 1.72. The second kappa shape index (κ2) is 9.86. The summed E-state index contributed by atoms with van der Waals surface area (Å²) in [6.45, 7) is 2.67. The molecule has 0 unspecified atom stereocenters. The lowest BCUT2D eigenvalue weighted by molar-refractivity contribution is 0.202. The molecule has 0 aliphatic heterocycles. The molecule has 0 bridgehead atoms. The van der Waals surface area contributed by atoms with Crippen molar-refractivity contribution in [1.29, 1.82) is 0 Å². The van der Waals surface area contributed by atoms with Gasteiger partial charge in [0.05, 0.1) is 6.61 Å². The molecule has 0 aliphatic rings. The monoisotopic (exact) mass is 412 g/mol. The number of aromatic nitrogens is 5. The predicted molar refractivity (Wildman–Crippen MR) is 120 cm³/mol. The standard InChI is InChI=1S/C24H24N6O/c1-17-4-3-5-20(27-17)24-26-14-11-22(30-24)28-21-10-13-25-23(29-21)16-19-8-6-18(7-9-19)12-15-31-2/h3-11,13-14H,12,15-16H2,1-2H3,(H,25,26,28,29,30). The van der Waals surface area contributed by atoms with Gasteiger partial charge in [0, 0.05) is 31.6 Å². The molecule has 0 fully saturated rings. The number of nitrogens with zero attached hydrogens (tertiary/aromatic N) is 5. The van der Waals surface area contributed by atoms with E-state index in [-0.39, 0.29) is 0 Å².